The summed E-state index contributed by atoms with van der Waals surface area (Å²) in [6.45, 7) is 1.25. The van der Waals surface area contributed by atoms with E-state index in [4.69, 9.17) is 4.74 Å². The van der Waals surface area contributed by atoms with Gasteiger partial charge >= 0.3 is 0 Å². The smallest absolute Gasteiger partial charge is 0.273 e. The number of ether oxygens (including phenoxy) is 1. The molecule has 138 valence electrons. The van der Waals surface area contributed by atoms with Crippen molar-refractivity contribution in [3.05, 3.63) is 58.1 Å². The summed E-state index contributed by atoms with van der Waals surface area (Å²) in [5.41, 5.74) is 0.672. The van der Waals surface area contributed by atoms with E-state index >= 15 is 0 Å². The van der Waals surface area contributed by atoms with E-state index in [0.29, 0.717) is 5.56 Å². The summed E-state index contributed by atoms with van der Waals surface area (Å²) in [5, 5.41) is 13.2. The highest BCUT2D eigenvalue weighted by Crippen LogP contribution is 2.21. The molecule has 9 nitrogen and oxygen atoms in total. The third kappa shape index (κ3) is 4.77. The molecule has 0 fully saturated rings. The molecule has 2 N–H and O–H groups in total. The lowest BCUT2D eigenvalue weighted by Crippen LogP contribution is -2.22. The van der Waals surface area contributed by atoms with Crippen LogP contribution in [0.2, 0.25) is 0 Å². The average Bonchev–Trinajstić information content (AvgIpc) is 2.61. The van der Waals surface area contributed by atoms with Gasteiger partial charge < -0.3 is 10.1 Å². The van der Waals surface area contributed by atoms with Gasteiger partial charge in [0.15, 0.2) is 6.61 Å². The number of nitro groups is 1. The first-order valence-corrected chi connectivity index (χ1v) is 8.92. The Morgan fingerprint density at radius 1 is 1.23 bits per heavy atom. The fourth-order valence-corrected chi connectivity index (χ4v) is 3.10. The van der Waals surface area contributed by atoms with E-state index in [1.807, 2.05) is 0 Å². The van der Waals surface area contributed by atoms with Gasteiger partial charge in [0.05, 0.1) is 15.9 Å². The number of anilines is 1. The summed E-state index contributed by atoms with van der Waals surface area (Å²) >= 11 is 0. The lowest BCUT2D eigenvalue weighted by molar-refractivity contribution is -0.384. The van der Waals surface area contributed by atoms with Crippen LogP contribution in [0.4, 0.5) is 11.4 Å². The quantitative estimate of drug-likeness (QED) is 0.558. The lowest BCUT2D eigenvalue weighted by Gasteiger charge is -2.11. The third-order valence-electron chi connectivity index (χ3n) is 3.43. The van der Waals surface area contributed by atoms with Crippen molar-refractivity contribution in [3.63, 3.8) is 0 Å². The van der Waals surface area contributed by atoms with Gasteiger partial charge in [0.25, 0.3) is 11.6 Å². The molecule has 0 saturated heterocycles. The number of hydrogen-bond acceptors (Lipinski definition) is 6. The average molecular weight is 379 g/mol. The van der Waals surface area contributed by atoms with Gasteiger partial charge in [-0.2, -0.15) is 0 Å². The second-order valence-electron chi connectivity index (χ2n) is 5.28. The van der Waals surface area contributed by atoms with Crippen LogP contribution in [0.25, 0.3) is 0 Å². The monoisotopic (exact) mass is 379 g/mol. The van der Waals surface area contributed by atoms with Crippen molar-refractivity contribution < 1.29 is 22.9 Å². The van der Waals surface area contributed by atoms with E-state index in [9.17, 15) is 23.3 Å². The molecule has 0 radical (unpaired) electrons. The number of nitro benzene ring substituents is 1. The van der Waals surface area contributed by atoms with Gasteiger partial charge in [0.2, 0.25) is 10.0 Å². The second-order valence-corrected chi connectivity index (χ2v) is 7.13. The van der Waals surface area contributed by atoms with Crippen molar-refractivity contribution in [2.75, 3.05) is 19.0 Å². The van der Waals surface area contributed by atoms with Crippen LogP contribution in [0.1, 0.15) is 5.56 Å². The minimum absolute atomic E-state index is 0.0532. The number of carbonyl (C=O) groups is 1. The van der Waals surface area contributed by atoms with Crippen molar-refractivity contribution in [1.82, 2.24) is 4.72 Å². The molecule has 0 atom stereocenters. The van der Waals surface area contributed by atoms with Crippen molar-refractivity contribution in [1.29, 1.82) is 0 Å². The zero-order chi connectivity index (χ0) is 19.3. The Hall–Kier alpha value is -2.98. The number of amides is 1. The van der Waals surface area contributed by atoms with Crippen LogP contribution in [0.15, 0.2) is 47.4 Å². The summed E-state index contributed by atoms with van der Waals surface area (Å²) in [5.74, 6) is -0.357. The van der Waals surface area contributed by atoms with Gasteiger partial charge in [-0.1, -0.05) is 12.1 Å². The second kappa shape index (κ2) is 7.93. The summed E-state index contributed by atoms with van der Waals surface area (Å²) in [4.78, 5) is 22.2. The van der Waals surface area contributed by atoms with E-state index < -0.39 is 20.9 Å². The van der Waals surface area contributed by atoms with Gasteiger partial charge in [-0.3, -0.25) is 14.9 Å². The van der Waals surface area contributed by atoms with Crippen LogP contribution in [0.3, 0.4) is 0 Å². The Labute approximate surface area is 150 Å². The molecule has 2 aromatic carbocycles. The third-order valence-corrected chi connectivity index (χ3v) is 4.98. The molecule has 1 amide bonds. The molecule has 0 aliphatic heterocycles. The highest BCUT2D eigenvalue weighted by Gasteiger charge is 2.16. The summed E-state index contributed by atoms with van der Waals surface area (Å²) in [7, 11) is -2.35. The zero-order valence-corrected chi connectivity index (χ0v) is 14.9. The van der Waals surface area contributed by atoms with Crippen LogP contribution in [0, 0.1) is 17.0 Å². The molecule has 26 heavy (non-hydrogen) atoms. The topological polar surface area (TPSA) is 128 Å². The molecule has 0 saturated carbocycles. The summed E-state index contributed by atoms with van der Waals surface area (Å²) < 4.78 is 31.4. The summed E-state index contributed by atoms with van der Waals surface area (Å²) in [6, 6.07) is 9.92. The normalized spacial score (nSPS) is 11.0. The van der Waals surface area contributed by atoms with E-state index in [0.717, 1.165) is 0 Å². The number of aryl methyl sites for hydroxylation is 1. The number of non-ortho nitro benzene ring substituents is 1. The zero-order valence-electron chi connectivity index (χ0n) is 14.1. The predicted octanol–water partition coefficient (Wildman–Crippen LogP) is 1.83. The van der Waals surface area contributed by atoms with Gasteiger partial charge in [-0.25, -0.2) is 13.1 Å². The Bertz CT molecular complexity index is 943. The minimum atomic E-state index is -3.65. The molecule has 0 bridgehead atoms. The molecule has 0 unspecified atom stereocenters. The first-order valence-electron chi connectivity index (χ1n) is 7.44. The van der Waals surface area contributed by atoms with Gasteiger partial charge in [0, 0.05) is 11.8 Å². The van der Waals surface area contributed by atoms with Crippen molar-refractivity contribution >= 4 is 27.3 Å². The van der Waals surface area contributed by atoms with Gasteiger partial charge in [-0.05, 0) is 37.7 Å². The maximum atomic E-state index is 12.0. The maximum Gasteiger partial charge on any atom is 0.273 e. The van der Waals surface area contributed by atoms with Crippen LogP contribution < -0.4 is 14.8 Å². The molecule has 0 heterocycles. The molecule has 0 aliphatic rings. The molecule has 10 heteroatoms. The molecule has 2 aromatic rings. The Morgan fingerprint density at radius 2 is 1.96 bits per heavy atom. The first-order chi connectivity index (χ1) is 12.2. The Morgan fingerprint density at radius 3 is 2.62 bits per heavy atom. The summed E-state index contributed by atoms with van der Waals surface area (Å²) in [6.07, 6.45) is 0. The number of rotatable bonds is 7. The highest BCUT2D eigenvalue weighted by atomic mass is 32.2. The number of nitrogens with zero attached hydrogens (tertiary/aromatic N) is 1. The van der Waals surface area contributed by atoms with E-state index in [1.165, 1.54) is 37.4 Å². The highest BCUT2D eigenvalue weighted by molar-refractivity contribution is 7.89. The number of carbonyl (C=O) groups excluding carboxylic acids is 1. The lowest BCUT2D eigenvalue weighted by atomic mass is 10.2. The van der Waals surface area contributed by atoms with Crippen LogP contribution >= 0.6 is 0 Å². The van der Waals surface area contributed by atoms with Crippen LogP contribution in [-0.2, 0) is 14.8 Å². The number of benzene rings is 2. The molecular weight excluding hydrogens is 362 g/mol. The Balaban J connectivity index is 2.05. The molecular formula is C16H17N3O6S. The Kier molecular flexibility index (Phi) is 5.90. The van der Waals surface area contributed by atoms with Crippen LogP contribution in [-0.4, -0.2) is 32.9 Å². The molecule has 0 aliphatic carbocycles. The van der Waals surface area contributed by atoms with Gasteiger partial charge in [-0.15, -0.1) is 0 Å². The fourth-order valence-electron chi connectivity index (χ4n) is 2.11. The number of sulfonamides is 1. The molecule has 0 spiro atoms. The fraction of sp³-hybridized carbons (Fsp3) is 0.188. The number of nitrogens with one attached hydrogen (secondary N) is 2. The maximum absolute atomic E-state index is 12.0. The van der Waals surface area contributed by atoms with Gasteiger partial charge in [0.1, 0.15) is 5.75 Å². The van der Waals surface area contributed by atoms with E-state index in [-0.39, 0.29) is 28.6 Å². The van der Waals surface area contributed by atoms with Crippen molar-refractivity contribution in [3.8, 4) is 5.75 Å². The first kappa shape index (κ1) is 19.3. The van der Waals surface area contributed by atoms with Crippen LogP contribution in [0.5, 0.6) is 5.75 Å². The van der Waals surface area contributed by atoms with E-state index in [2.05, 4.69) is 10.0 Å². The minimum Gasteiger partial charge on any atom is -0.484 e. The SMILES string of the molecule is CNS(=O)(=O)c1cc(NC(=O)COc2cccc([N+](=O)[O-])c2)ccc1C. The largest absolute Gasteiger partial charge is 0.484 e. The predicted molar refractivity (Wildman–Crippen MR) is 94.6 cm³/mol. The van der Waals surface area contributed by atoms with E-state index in [1.54, 1.807) is 19.1 Å². The number of hydrogen-bond donors (Lipinski definition) is 2. The van der Waals surface area contributed by atoms with Crippen molar-refractivity contribution in [2.24, 2.45) is 0 Å². The van der Waals surface area contributed by atoms with Crippen molar-refractivity contribution in [2.45, 2.75) is 11.8 Å². The standard InChI is InChI=1S/C16H17N3O6S/c1-11-6-7-12(8-15(11)26(23,24)17-2)18-16(20)10-25-14-5-3-4-13(9-14)19(21)22/h3-9,17H,10H2,1-2H3,(H,18,20). The molecule has 0 aromatic heterocycles. The molecule has 2 rings (SSSR count).